The first-order valence-electron chi connectivity index (χ1n) is 9.77. The third-order valence-electron chi connectivity index (χ3n) is 4.75. The third kappa shape index (κ3) is 6.49. The molecule has 0 aliphatic carbocycles. The van der Waals surface area contributed by atoms with E-state index < -0.39 is 45.0 Å². The first-order chi connectivity index (χ1) is 15.6. The van der Waals surface area contributed by atoms with Gasteiger partial charge in [-0.15, -0.1) is 0 Å². The van der Waals surface area contributed by atoms with E-state index in [2.05, 4.69) is 21.9 Å². The number of hydrogen-bond donors (Lipinski definition) is 2. The first-order valence-corrected chi connectivity index (χ1v) is 11.2. The van der Waals surface area contributed by atoms with Crippen molar-refractivity contribution in [2.75, 3.05) is 26.8 Å². The molecule has 0 spiro atoms. The van der Waals surface area contributed by atoms with E-state index in [0.717, 1.165) is 35.7 Å². The van der Waals surface area contributed by atoms with Gasteiger partial charge in [0.15, 0.2) is 0 Å². The van der Waals surface area contributed by atoms with Gasteiger partial charge in [0.2, 0.25) is 15.9 Å². The van der Waals surface area contributed by atoms with Gasteiger partial charge in [-0.1, -0.05) is 12.7 Å². The van der Waals surface area contributed by atoms with E-state index in [-0.39, 0.29) is 36.7 Å². The summed E-state index contributed by atoms with van der Waals surface area (Å²) in [6.45, 7) is 3.03. The van der Waals surface area contributed by atoms with Crippen molar-refractivity contribution in [2.45, 2.75) is 29.8 Å². The molecule has 0 radical (unpaired) electrons. The average molecular weight is 484 g/mol. The molecule has 1 unspecified atom stereocenters. The molecule has 0 saturated carbocycles. The normalized spacial score (nSPS) is 16.9. The standard InChI is InChI=1S/C19H24N4O9S/c1-3-11-32-19(26)20-12-15(18(25)31-2)21-17(24)16-5-4-10-22(16)33(29,30)14-8-6-13(7-9-14)23(27)28/h3,6-9,15-16H,1,4-5,10-12H2,2H3,(H,20,26)(H,21,24)/t15-,16?/m0/s1. The maximum atomic E-state index is 13.0. The molecule has 0 bridgehead atoms. The Morgan fingerprint density at radius 2 is 2.00 bits per heavy atom. The summed E-state index contributed by atoms with van der Waals surface area (Å²) >= 11 is 0. The van der Waals surface area contributed by atoms with Gasteiger partial charge in [-0.3, -0.25) is 14.9 Å². The molecule has 1 saturated heterocycles. The molecule has 2 N–H and O–H groups in total. The molecule has 1 heterocycles. The number of ether oxygens (including phenoxy) is 2. The summed E-state index contributed by atoms with van der Waals surface area (Å²) in [5.41, 5.74) is -0.273. The van der Waals surface area contributed by atoms with Crippen LogP contribution in [-0.4, -0.2) is 74.5 Å². The summed E-state index contributed by atoms with van der Waals surface area (Å²) < 4.78 is 36.4. The Morgan fingerprint density at radius 1 is 1.33 bits per heavy atom. The Bertz CT molecular complexity index is 1010. The lowest BCUT2D eigenvalue weighted by atomic mass is 10.2. The lowest BCUT2D eigenvalue weighted by molar-refractivity contribution is -0.384. The number of amides is 2. The second-order valence-electron chi connectivity index (χ2n) is 6.88. The summed E-state index contributed by atoms with van der Waals surface area (Å²) in [6, 6.07) is 1.90. The Labute approximate surface area is 189 Å². The van der Waals surface area contributed by atoms with Crippen LogP contribution in [0.2, 0.25) is 0 Å². The number of nitrogens with zero attached hydrogens (tertiary/aromatic N) is 2. The van der Waals surface area contributed by atoms with Gasteiger partial charge in [0.1, 0.15) is 18.7 Å². The number of alkyl carbamates (subject to hydrolysis) is 1. The van der Waals surface area contributed by atoms with Gasteiger partial charge in [-0.25, -0.2) is 18.0 Å². The second kappa shape index (κ2) is 11.4. The quantitative estimate of drug-likeness (QED) is 0.205. The maximum Gasteiger partial charge on any atom is 0.407 e. The van der Waals surface area contributed by atoms with E-state index in [0.29, 0.717) is 6.42 Å². The van der Waals surface area contributed by atoms with Crippen LogP contribution in [0.4, 0.5) is 10.5 Å². The summed E-state index contributed by atoms with van der Waals surface area (Å²) in [5.74, 6) is -1.61. The molecule has 2 amide bonds. The first kappa shape index (κ1) is 25.7. The molecule has 1 aliphatic heterocycles. The van der Waals surface area contributed by atoms with Gasteiger partial charge in [0.05, 0.1) is 23.5 Å². The number of sulfonamides is 1. The number of rotatable bonds is 10. The van der Waals surface area contributed by atoms with E-state index in [4.69, 9.17) is 4.74 Å². The molecule has 1 aromatic carbocycles. The second-order valence-corrected chi connectivity index (χ2v) is 8.77. The van der Waals surface area contributed by atoms with Crippen LogP contribution in [-0.2, 0) is 29.1 Å². The highest BCUT2D eigenvalue weighted by molar-refractivity contribution is 7.89. The highest BCUT2D eigenvalue weighted by Gasteiger charge is 2.40. The highest BCUT2D eigenvalue weighted by atomic mass is 32.2. The number of methoxy groups -OCH3 is 1. The summed E-state index contributed by atoms with van der Waals surface area (Å²) in [6.07, 6.45) is 1.08. The SMILES string of the molecule is C=CCOC(=O)NC[C@H](NC(=O)C1CCCN1S(=O)(=O)c1ccc([N+](=O)[O-])cc1)C(=O)OC. The molecule has 1 aliphatic rings. The van der Waals surface area contributed by atoms with E-state index in [1.54, 1.807) is 0 Å². The summed E-state index contributed by atoms with van der Waals surface area (Å²) in [7, 11) is -3.04. The summed E-state index contributed by atoms with van der Waals surface area (Å²) in [5, 5.41) is 15.5. The molecule has 14 heteroatoms. The van der Waals surface area contributed by atoms with Crippen LogP contribution in [0.15, 0.2) is 41.8 Å². The molecule has 2 rings (SSSR count). The number of non-ortho nitro benzene ring substituents is 1. The molecule has 0 aromatic heterocycles. The van der Waals surface area contributed by atoms with Gasteiger partial charge < -0.3 is 20.1 Å². The number of esters is 1. The smallest absolute Gasteiger partial charge is 0.407 e. The van der Waals surface area contributed by atoms with Crippen molar-refractivity contribution in [2.24, 2.45) is 0 Å². The van der Waals surface area contributed by atoms with Crippen molar-refractivity contribution in [3.63, 3.8) is 0 Å². The number of benzene rings is 1. The predicted octanol–water partition coefficient (Wildman–Crippen LogP) is 0.318. The van der Waals surface area contributed by atoms with Crippen molar-refractivity contribution in [3.8, 4) is 0 Å². The van der Waals surface area contributed by atoms with Crippen LogP contribution in [0, 0.1) is 10.1 Å². The Hall–Kier alpha value is -3.52. The predicted molar refractivity (Wildman–Crippen MR) is 114 cm³/mol. The zero-order valence-electron chi connectivity index (χ0n) is 17.8. The minimum absolute atomic E-state index is 0.0480. The van der Waals surface area contributed by atoms with Crippen LogP contribution >= 0.6 is 0 Å². The number of carbonyl (C=O) groups excluding carboxylic acids is 3. The van der Waals surface area contributed by atoms with Crippen molar-refractivity contribution in [1.29, 1.82) is 0 Å². The molecular weight excluding hydrogens is 460 g/mol. The van der Waals surface area contributed by atoms with Crippen molar-refractivity contribution in [3.05, 3.63) is 47.0 Å². The van der Waals surface area contributed by atoms with Crippen molar-refractivity contribution >= 4 is 33.7 Å². The number of carbonyl (C=O) groups is 3. The minimum atomic E-state index is -4.14. The molecule has 2 atom stereocenters. The molecular formula is C19H24N4O9S. The maximum absolute atomic E-state index is 13.0. The number of nitro groups is 1. The monoisotopic (exact) mass is 484 g/mol. The molecule has 33 heavy (non-hydrogen) atoms. The van der Waals surface area contributed by atoms with Gasteiger partial charge in [-0.2, -0.15) is 4.31 Å². The fourth-order valence-corrected chi connectivity index (χ4v) is 4.80. The minimum Gasteiger partial charge on any atom is -0.467 e. The summed E-state index contributed by atoms with van der Waals surface area (Å²) in [4.78, 5) is 46.4. The van der Waals surface area contributed by atoms with Crippen LogP contribution in [0.1, 0.15) is 12.8 Å². The van der Waals surface area contributed by atoms with E-state index in [1.165, 1.54) is 6.08 Å². The van der Waals surface area contributed by atoms with Gasteiger partial charge in [0, 0.05) is 18.7 Å². The van der Waals surface area contributed by atoms with Gasteiger partial charge >= 0.3 is 12.1 Å². The highest BCUT2D eigenvalue weighted by Crippen LogP contribution is 2.27. The van der Waals surface area contributed by atoms with Gasteiger partial charge in [-0.05, 0) is 25.0 Å². The van der Waals surface area contributed by atoms with E-state index in [9.17, 15) is 32.9 Å². The van der Waals surface area contributed by atoms with Crippen molar-refractivity contribution in [1.82, 2.24) is 14.9 Å². The van der Waals surface area contributed by atoms with Crippen molar-refractivity contribution < 1.29 is 37.2 Å². The topological polar surface area (TPSA) is 174 Å². The lowest BCUT2D eigenvalue weighted by Gasteiger charge is -2.25. The fourth-order valence-electron chi connectivity index (χ4n) is 3.14. The van der Waals surface area contributed by atoms with Crippen LogP contribution in [0.3, 0.4) is 0 Å². The van der Waals surface area contributed by atoms with E-state index in [1.807, 2.05) is 0 Å². The molecule has 180 valence electrons. The average Bonchev–Trinajstić information content (AvgIpc) is 3.31. The molecule has 1 fully saturated rings. The Kier molecular flexibility index (Phi) is 8.87. The zero-order valence-corrected chi connectivity index (χ0v) is 18.6. The lowest BCUT2D eigenvalue weighted by Crippen LogP contribution is -2.54. The Balaban J connectivity index is 2.13. The van der Waals surface area contributed by atoms with Crippen LogP contribution < -0.4 is 10.6 Å². The fraction of sp³-hybridized carbons (Fsp3) is 0.421. The largest absolute Gasteiger partial charge is 0.467 e. The Morgan fingerprint density at radius 3 is 2.58 bits per heavy atom. The van der Waals surface area contributed by atoms with E-state index >= 15 is 0 Å². The molecule has 1 aromatic rings. The van der Waals surface area contributed by atoms with Crippen LogP contribution in [0.25, 0.3) is 0 Å². The zero-order chi connectivity index (χ0) is 24.6. The molecule has 13 nitrogen and oxygen atoms in total. The third-order valence-corrected chi connectivity index (χ3v) is 6.67. The number of nitro benzene ring substituents is 1. The number of nitrogens with one attached hydrogen (secondary N) is 2. The van der Waals surface area contributed by atoms with Crippen LogP contribution in [0.5, 0.6) is 0 Å². The van der Waals surface area contributed by atoms with Gasteiger partial charge in [0.25, 0.3) is 5.69 Å². The number of hydrogen-bond acceptors (Lipinski definition) is 9.